The van der Waals surface area contributed by atoms with Crippen molar-refractivity contribution in [3.63, 3.8) is 0 Å². The highest BCUT2D eigenvalue weighted by atomic mass is 16.5. The van der Waals surface area contributed by atoms with Gasteiger partial charge in [0, 0.05) is 32.0 Å². The number of hydrogen-bond acceptors (Lipinski definition) is 3. The number of aromatic nitrogens is 1. The molecule has 1 aromatic carbocycles. The first-order chi connectivity index (χ1) is 11.2. The molecule has 0 saturated carbocycles. The monoisotopic (exact) mass is 313 g/mol. The molecule has 120 valence electrons. The van der Waals surface area contributed by atoms with E-state index >= 15 is 0 Å². The van der Waals surface area contributed by atoms with E-state index in [9.17, 15) is 9.59 Å². The number of piperazine rings is 1. The molecule has 23 heavy (non-hydrogen) atoms. The van der Waals surface area contributed by atoms with Crippen molar-refractivity contribution in [3.05, 3.63) is 53.9 Å². The summed E-state index contributed by atoms with van der Waals surface area (Å²) < 4.78 is 5.20. The Morgan fingerprint density at radius 2 is 2.17 bits per heavy atom. The van der Waals surface area contributed by atoms with E-state index in [0.29, 0.717) is 25.2 Å². The van der Waals surface area contributed by atoms with Crippen LogP contribution in [-0.4, -0.2) is 53.3 Å². The van der Waals surface area contributed by atoms with Crippen molar-refractivity contribution in [2.45, 2.75) is 6.54 Å². The van der Waals surface area contributed by atoms with Gasteiger partial charge in [-0.15, -0.1) is 0 Å². The van der Waals surface area contributed by atoms with Crippen LogP contribution >= 0.6 is 0 Å². The fourth-order valence-corrected chi connectivity index (χ4v) is 2.68. The Morgan fingerprint density at radius 3 is 2.87 bits per heavy atom. The first kappa shape index (κ1) is 15.1. The highest BCUT2D eigenvalue weighted by molar-refractivity contribution is 5.96. The third-order valence-electron chi connectivity index (χ3n) is 3.96. The Labute approximate surface area is 134 Å². The largest absolute Gasteiger partial charge is 0.497 e. The molecule has 0 unspecified atom stereocenters. The summed E-state index contributed by atoms with van der Waals surface area (Å²) >= 11 is 0. The van der Waals surface area contributed by atoms with Gasteiger partial charge in [-0.1, -0.05) is 12.1 Å². The number of methoxy groups -OCH3 is 1. The Morgan fingerprint density at radius 1 is 1.30 bits per heavy atom. The summed E-state index contributed by atoms with van der Waals surface area (Å²) in [4.78, 5) is 30.8. The molecule has 1 saturated heterocycles. The van der Waals surface area contributed by atoms with Gasteiger partial charge in [0.15, 0.2) is 0 Å². The fraction of sp³-hybridized carbons (Fsp3) is 0.294. The van der Waals surface area contributed by atoms with Crippen LogP contribution in [0.2, 0.25) is 0 Å². The number of amides is 2. The maximum atomic E-state index is 12.3. The number of aromatic amines is 1. The Bertz CT molecular complexity index is 697. The van der Waals surface area contributed by atoms with Crippen molar-refractivity contribution in [2.75, 3.05) is 26.7 Å². The van der Waals surface area contributed by atoms with Gasteiger partial charge in [0.25, 0.3) is 5.91 Å². The lowest BCUT2D eigenvalue weighted by Gasteiger charge is -2.34. The normalized spacial score (nSPS) is 14.9. The van der Waals surface area contributed by atoms with E-state index in [4.69, 9.17) is 4.74 Å². The van der Waals surface area contributed by atoms with E-state index in [1.807, 2.05) is 24.3 Å². The van der Waals surface area contributed by atoms with Crippen LogP contribution in [0.4, 0.5) is 0 Å². The van der Waals surface area contributed by atoms with Crippen LogP contribution in [-0.2, 0) is 11.3 Å². The summed E-state index contributed by atoms with van der Waals surface area (Å²) in [6.07, 6.45) is 3.35. The molecule has 1 N–H and O–H groups in total. The second kappa shape index (κ2) is 6.56. The quantitative estimate of drug-likeness (QED) is 0.930. The zero-order valence-electron chi connectivity index (χ0n) is 13.0. The topological polar surface area (TPSA) is 65.6 Å². The van der Waals surface area contributed by atoms with Gasteiger partial charge in [-0.25, -0.2) is 0 Å². The summed E-state index contributed by atoms with van der Waals surface area (Å²) in [6, 6.07) is 9.39. The van der Waals surface area contributed by atoms with Gasteiger partial charge in [0.05, 0.1) is 12.7 Å². The van der Waals surface area contributed by atoms with E-state index in [1.165, 1.54) is 0 Å². The average Bonchev–Trinajstić information content (AvgIpc) is 3.11. The molecule has 1 aliphatic heterocycles. The second-order valence-electron chi connectivity index (χ2n) is 5.49. The summed E-state index contributed by atoms with van der Waals surface area (Å²) in [6.45, 7) is 1.72. The molecular formula is C17H19N3O3. The molecule has 2 amide bonds. The molecule has 2 aromatic rings. The molecule has 0 atom stereocenters. The molecule has 1 aliphatic rings. The molecule has 1 aromatic heterocycles. The zero-order chi connectivity index (χ0) is 16.2. The third-order valence-corrected chi connectivity index (χ3v) is 3.96. The Hall–Kier alpha value is -2.76. The molecule has 0 bridgehead atoms. The number of carbonyl (C=O) groups is 2. The van der Waals surface area contributed by atoms with Crippen LogP contribution in [0.5, 0.6) is 5.75 Å². The number of rotatable bonds is 4. The molecule has 3 rings (SSSR count). The van der Waals surface area contributed by atoms with Gasteiger partial charge in [-0.3, -0.25) is 9.59 Å². The number of benzene rings is 1. The van der Waals surface area contributed by atoms with Crippen LogP contribution < -0.4 is 4.74 Å². The van der Waals surface area contributed by atoms with Crippen molar-refractivity contribution < 1.29 is 14.3 Å². The summed E-state index contributed by atoms with van der Waals surface area (Å²) in [5.74, 6) is 0.625. The molecule has 6 nitrogen and oxygen atoms in total. The lowest BCUT2D eigenvalue weighted by Crippen LogP contribution is -2.51. The van der Waals surface area contributed by atoms with Crippen molar-refractivity contribution in [2.24, 2.45) is 0 Å². The number of carbonyl (C=O) groups excluding carboxylic acids is 2. The number of nitrogens with one attached hydrogen (secondary N) is 1. The van der Waals surface area contributed by atoms with Gasteiger partial charge in [0.2, 0.25) is 5.91 Å². The average molecular weight is 313 g/mol. The maximum absolute atomic E-state index is 12.3. The Balaban J connectivity index is 1.62. The summed E-state index contributed by atoms with van der Waals surface area (Å²) in [7, 11) is 1.62. The fourth-order valence-electron chi connectivity index (χ4n) is 2.68. The van der Waals surface area contributed by atoms with E-state index < -0.39 is 0 Å². The smallest absolute Gasteiger partial charge is 0.255 e. The predicted octanol–water partition coefficient (Wildman–Crippen LogP) is 1.51. The summed E-state index contributed by atoms with van der Waals surface area (Å²) in [5.41, 5.74) is 1.60. The van der Waals surface area contributed by atoms with Gasteiger partial charge < -0.3 is 19.5 Å². The highest BCUT2D eigenvalue weighted by Gasteiger charge is 2.27. The van der Waals surface area contributed by atoms with Crippen molar-refractivity contribution in [1.29, 1.82) is 0 Å². The van der Waals surface area contributed by atoms with E-state index in [0.717, 1.165) is 11.3 Å². The van der Waals surface area contributed by atoms with Crippen molar-refractivity contribution in [3.8, 4) is 5.75 Å². The predicted molar refractivity (Wildman–Crippen MR) is 85.1 cm³/mol. The second-order valence-corrected chi connectivity index (χ2v) is 5.49. The van der Waals surface area contributed by atoms with E-state index in [1.54, 1.807) is 35.4 Å². The lowest BCUT2D eigenvalue weighted by molar-refractivity contribution is -0.135. The molecular weight excluding hydrogens is 294 g/mol. The lowest BCUT2D eigenvalue weighted by atomic mass is 10.1. The van der Waals surface area contributed by atoms with Crippen LogP contribution in [0.1, 0.15) is 15.9 Å². The zero-order valence-corrected chi connectivity index (χ0v) is 13.0. The summed E-state index contributed by atoms with van der Waals surface area (Å²) in [5, 5.41) is 0. The van der Waals surface area contributed by atoms with Crippen LogP contribution in [0.25, 0.3) is 0 Å². The minimum absolute atomic E-state index is 0.0389. The molecule has 0 aliphatic carbocycles. The van der Waals surface area contributed by atoms with Gasteiger partial charge in [-0.05, 0) is 23.8 Å². The van der Waals surface area contributed by atoms with E-state index in [2.05, 4.69) is 4.98 Å². The first-order valence-electron chi connectivity index (χ1n) is 7.50. The van der Waals surface area contributed by atoms with Crippen molar-refractivity contribution in [1.82, 2.24) is 14.8 Å². The SMILES string of the molecule is COc1cccc(CN2CCN(C(=O)c3cc[nH]c3)CC2=O)c1. The maximum Gasteiger partial charge on any atom is 0.255 e. The number of hydrogen-bond donors (Lipinski definition) is 1. The standard InChI is InChI=1S/C17H19N3O3/c1-23-15-4-2-3-13(9-15)11-19-7-8-20(12-16(19)21)17(22)14-5-6-18-10-14/h2-6,9-10,18H,7-8,11-12H2,1H3. The highest BCUT2D eigenvalue weighted by Crippen LogP contribution is 2.16. The third kappa shape index (κ3) is 3.36. The molecule has 0 spiro atoms. The molecule has 1 fully saturated rings. The van der Waals surface area contributed by atoms with Crippen LogP contribution in [0.3, 0.4) is 0 Å². The molecule has 0 radical (unpaired) electrons. The van der Waals surface area contributed by atoms with Crippen molar-refractivity contribution >= 4 is 11.8 Å². The molecule has 2 heterocycles. The Kier molecular flexibility index (Phi) is 4.32. The van der Waals surface area contributed by atoms with Gasteiger partial charge >= 0.3 is 0 Å². The first-order valence-corrected chi connectivity index (χ1v) is 7.50. The molecule has 6 heteroatoms. The van der Waals surface area contributed by atoms with Crippen LogP contribution in [0.15, 0.2) is 42.7 Å². The van der Waals surface area contributed by atoms with Crippen LogP contribution in [0, 0.1) is 0 Å². The number of H-pyrrole nitrogens is 1. The van der Waals surface area contributed by atoms with Gasteiger partial charge in [-0.2, -0.15) is 0 Å². The number of nitrogens with zero attached hydrogens (tertiary/aromatic N) is 2. The number of ether oxygens (including phenoxy) is 1. The minimum Gasteiger partial charge on any atom is -0.497 e. The van der Waals surface area contributed by atoms with Gasteiger partial charge in [0.1, 0.15) is 12.3 Å². The van der Waals surface area contributed by atoms with E-state index in [-0.39, 0.29) is 18.4 Å². The minimum atomic E-state index is -0.111.